The number of hydrogen-bond acceptors (Lipinski definition) is 5. The smallest absolute Gasteiger partial charge is 0.337 e. The molecule has 9 nitrogen and oxygen atoms in total. The van der Waals surface area contributed by atoms with Crippen LogP contribution in [0.15, 0.2) is 24.3 Å². The fraction of sp³-hybridized carbons (Fsp3) is 0.643. The zero-order valence-electron chi connectivity index (χ0n) is 22.7. The van der Waals surface area contributed by atoms with Gasteiger partial charge >= 0.3 is 6.03 Å². The van der Waals surface area contributed by atoms with Crippen LogP contribution in [0.5, 0.6) is 0 Å². The summed E-state index contributed by atoms with van der Waals surface area (Å²) in [5, 5.41) is 4.36. The Morgan fingerprint density at radius 1 is 1.05 bits per heavy atom. The van der Waals surface area contributed by atoms with Gasteiger partial charge in [-0.05, 0) is 44.4 Å². The van der Waals surface area contributed by atoms with E-state index in [1.165, 1.54) is 5.01 Å². The lowest BCUT2D eigenvalue weighted by Crippen LogP contribution is -2.67. The van der Waals surface area contributed by atoms with E-state index in [1.807, 2.05) is 32.9 Å². The summed E-state index contributed by atoms with van der Waals surface area (Å²) in [5.74, 6) is 0.00844. The van der Waals surface area contributed by atoms with Gasteiger partial charge in [-0.3, -0.25) is 19.3 Å². The second kappa shape index (κ2) is 11.2. The van der Waals surface area contributed by atoms with Crippen molar-refractivity contribution in [2.24, 2.45) is 23.7 Å². The lowest BCUT2D eigenvalue weighted by Gasteiger charge is -2.50. The van der Waals surface area contributed by atoms with Crippen LogP contribution in [-0.4, -0.2) is 70.4 Å². The Morgan fingerprint density at radius 2 is 1.76 bits per heavy atom. The molecular weight excluding hydrogens is 470 g/mol. The van der Waals surface area contributed by atoms with Crippen molar-refractivity contribution in [2.45, 2.75) is 72.6 Å². The highest BCUT2D eigenvalue weighted by molar-refractivity contribution is 5.99. The van der Waals surface area contributed by atoms with Crippen molar-refractivity contribution in [2.75, 3.05) is 19.6 Å². The van der Waals surface area contributed by atoms with E-state index in [2.05, 4.69) is 24.6 Å². The summed E-state index contributed by atoms with van der Waals surface area (Å²) in [7, 11) is 0. The minimum Gasteiger partial charge on any atom is -0.356 e. The number of aryl methyl sites for hydroxylation is 1. The maximum Gasteiger partial charge on any atom is 0.337 e. The molecular formula is C28H41N5O4. The lowest BCUT2D eigenvalue weighted by molar-refractivity contribution is -0.158. The molecule has 2 N–H and O–H groups in total. The maximum absolute atomic E-state index is 13.7. The molecule has 0 bridgehead atoms. The number of hydrazine groups is 1. The zero-order valence-corrected chi connectivity index (χ0v) is 22.7. The molecule has 202 valence electrons. The molecule has 9 heteroatoms. The molecule has 0 spiro atoms. The Hall–Kier alpha value is -2.94. The Kier molecular flexibility index (Phi) is 8.21. The fourth-order valence-corrected chi connectivity index (χ4v) is 5.52. The Labute approximate surface area is 219 Å². The van der Waals surface area contributed by atoms with Crippen molar-refractivity contribution < 1.29 is 19.2 Å². The van der Waals surface area contributed by atoms with Gasteiger partial charge in [0, 0.05) is 30.6 Å². The summed E-state index contributed by atoms with van der Waals surface area (Å²) in [6, 6.07) is 6.59. The maximum atomic E-state index is 13.7. The lowest BCUT2D eigenvalue weighted by atomic mass is 9.75. The van der Waals surface area contributed by atoms with Crippen LogP contribution in [0.25, 0.3) is 0 Å². The average molecular weight is 512 g/mol. The predicted octanol–water partition coefficient (Wildman–Crippen LogP) is 3.15. The number of fused-ring (bicyclic) bond motifs is 3. The van der Waals surface area contributed by atoms with Crippen LogP contribution in [0.4, 0.5) is 4.79 Å². The Bertz CT molecular complexity index is 1020. The number of hydrogen-bond donors (Lipinski definition) is 2. The van der Waals surface area contributed by atoms with Gasteiger partial charge in [0.05, 0.1) is 5.92 Å². The number of Topliss-reactive ketones (excluding diaryl/α,β-unsaturated/α-hetero) is 1. The van der Waals surface area contributed by atoms with Crippen molar-refractivity contribution in [3.05, 3.63) is 35.4 Å². The third kappa shape index (κ3) is 5.81. The summed E-state index contributed by atoms with van der Waals surface area (Å²) >= 11 is 0. The van der Waals surface area contributed by atoms with Gasteiger partial charge in [-0.25, -0.2) is 9.80 Å². The molecule has 4 atom stereocenters. The minimum absolute atomic E-state index is 0.00982. The second-order valence-corrected chi connectivity index (χ2v) is 11.6. The number of carbonyl (C=O) groups is 4. The number of ketones is 1. The third-order valence-electron chi connectivity index (χ3n) is 7.73. The molecule has 1 saturated carbocycles. The van der Waals surface area contributed by atoms with Crippen molar-refractivity contribution in [1.29, 1.82) is 0 Å². The predicted molar refractivity (Wildman–Crippen MR) is 140 cm³/mol. The standard InChI is InChI=1S/C28H41N5O4/c1-17(2)12-13-31-26(36)22-11-10-21(25(35)29-15-18(3)4)14-23(22)33-27(31)30-32(28(33)37)16-24(34)20-8-6-19(5)7-9-20/h6-9,17-18,21-23,27,30H,10-16H2,1-5H3,(H,29,35). The first-order valence-corrected chi connectivity index (χ1v) is 13.6. The zero-order chi connectivity index (χ0) is 26.9. The molecule has 37 heavy (non-hydrogen) atoms. The molecule has 3 aliphatic rings. The first-order chi connectivity index (χ1) is 17.6. The van der Waals surface area contributed by atoms with Crippen molar-refractivity contribution in [3.8, 4) is 0 Å². The van der Waals surface area contributed by atoms with Crippen LogP contribution in [0.2, 0.25) is 0 Å². The van der Waals surface area contributed by atoms with E-state index >= 15 is 0 Å². The largest absolute Gasteiger partial charge is 0.356 e. The number of benzene rings is 1. The first-order valence-electron chi connectivity index (χ1n) is 13.6. The van der Waals surface area contributed by atoms with E-state index in [4.69, 9.17) is 0 Å². The van der Waals surface area contributed by atoms with Crippen molar-refractivity contribution in [3.63, 3.8) is 0 Å². The molecule has 1 aliphatic carbocycles. The van der Waals surface area contributed by atoms with Crippen LogP contribution in [0.1, 0.15) is 69.3 Å². The van der Waals surface area contributed by atoms with E-state index in [-0.39, 0.29) is 48.1 Å². The second-order valence-electron chi connectivity index (χ2n) is 11.6. The molecule has 2 heterocycles. The molecule has 4 rings (SSSR count). The fourth-order valence-electron chi connectivity index (χ4n) is 5.52. The van der Waals surface area contributed by atoms with Gasteiger partial charge in [0.2, 0.25) is 11.8 Å². The summed E-state index contributed by atoms with van der Waals surface area (Å²) in [6.45, 7) is 11.3. The molecule has 0 radical (unpaired) electrons. The highest BCUT2D eigenvalue weighted by Crippen LogP contribution is 2.40. The molecule has 2 aliphatic heterocycles. The average Bonchev–Trinajstić information content (AvgIpc) is 3.17. The minimum atomic E-state index is -0.650. The molecule has 2 saturated heterocycles. The topological polar surface area (TPSA) is 102 Å². The summed E-state index contributed by atoms with van der Waals surface area (Å²) in [5.41, 5.74) is 4.76. The Balaban J connectivity index is 1.55. The van der Waals surface area contributed by atoms with E-state index in [0.717, 1.165) is 12.0 Å². The van der Waals surface area contributed by atoms with E-state index < -0.39 is 6.29 Å². The number of nitrogens with zero attached hydrogens (tertiary/aromatic N) is 3. The van der Waals surface area contributed by atoms with Gasteiger partial charge in [0.15, 0.2) is 12.1 Å². The van der Waals surface area contributed by atoms with Crippen LogP contribution in [-0.2, 0) is 9.59 Å². The van der Waals surface area contributed by atoms with E-state index in [1.54, 1.807) is 21.9 Å². The Morgan fingerprint density at radius 3 is 2.41 bits per heavy atom. The van der Waals surface area contributed by atoms with Gasteiger partial charge < -0.3 is 10.2 Å². The van der Waals surface area contributed by atoms with E-state index in [9.17, 15) is 19.2 Å². The van der Waals surface area contributed by atoms with Crippen molar-refractivity contribution in [1.82, 2.24) is 25.6 Å². The molecule has 3 fully saturated rings. The highest BCUT2D eigenvalue weighted by atomic mass is 16.2. The molecule has 1 aromatic rings. The van der Waals surface area contributed by atoms with Gasteiger partial charge in [-0.15, -0.1) is 0 Å². The number of nitrogens with one attached hydrogen (secondary N) is 2. The quantitative estimate of drug-likeness (QED) is 0.496. The first kappa shape index (κ1) is 27.1. The number of carbonyl (C=O) groups excluding carboxylic acids is 4. The summed E-state index contributed by atoms with van der Waals surface area (Å²) in [6.07, 6.45) is 1.81. The van der Waals surface area contributed by atoms with Crippen LogP contribution in [0.3, 0.4) is 0 Å². The van der Waals surface area contributed by atoms with Crippen LogP contribution >= 0.6 is 0 Å². The number of amides is 4. The molecule has 4 unspecified atom stereocenters. The van der Waals surface area contributed by atoms with Crippen molar-refractivity contribution >= 4 is 23.6 Å². The van der Waals surface area contributed by atoms with Crippen LogP contribution < -0.4 is 10.7 Å². The third-order valence-corrected chi connectivity index (χ3v) is 7.73. The normalized spacial score (nSPS) is 25.5. The van der Waals surface area contributed by atoms with Gasteiger partial charge in [0.25, 0.3) is 0 Å². The monoisotopic (exact) mass is 511 g/mol. The number of rotatable bonds is 9. The van der Waals surface area contributed by atoms with Gasteiger partial charge in [-0.2, -0.15) is 5.43 Å². The molecule has 0 aromatic heterocycles. The SMILES string of the molecule is Cc1ccc(C(=O)CN2NC3N(CCC(C)C)C(=O)C4CCC(C(=O)NCC(C)C)CC4N3C2=O)cc1. The highest BCUT2D eigenvalue weighted by Gasteiger charge is 2.56. The van der Waals surface area contributed by atoms with E-state index in [0.29, 0.717) is 49.8 Å². The van der Waals surface area contributed by atoms with Gasteiger partial charge in [0.1, 0.15) is 6.54 Å². The van der Waals surface area contributed by atoms with Gasteiger partial charge in [-0.1, -0.05) is 57.5 Å². The number of urea groups is 1. The summed E-state index contributed by atoms with van der Waals surface area (Å²) < 4.78 is 0. The molecule has 4 amide bonds. The summed E-state index contributed by atoms with van der Waals surface area (Å²) in [4.78, 5) is 56.7. The van der Waals surface area contributed by atoms with Crippen LogP contribution in [0, 0.1) is 30.6 Å². The molecule has 1 aromatic carbocycles.